The molecule has 1 N–H and O–H groups in total. The molecule has 0 bridgehead atoms. The number of hydrogen-bond acceptors (Lipinski definition) is 2. The first-order chi connectivity index (χ1) is 6.20. The molecule has 0 amide bonds. The van der Waals surface area contributed by atoms with Crippen LogP contribution in [-0.4, -0.2) is 20.8 Å². The summed E-state index contributed by atoms with van der Waals surface area (Å²) in [6, 6.07) is 5.43. The molecule has 0 radical (unpaired) electrons. The van der Waals surface area contributed by atoms with Crippen LogP contribution in [0.5, 0.6) is 0 Å². The van der Waals surface area contributed by atoms with E-state index in [-0.39, 0.29) is 0 Å². The molecule has 2 aromatic rings. The number of carbonyl (C=O) groups is 1. The molecule has 0 saturated heterocycles. The first kappa shape index (κ1) is 7.79. The number of aryl methyl sites for hydroxylation is 1. The standard InChI is InChI=1S/C9H8N2O2/c1-6-5-7-3-2-4-10-8(7)11(6)9(12)13/h2-5H,1H3,(H,12,13). The quantitative estimate of drug-likeness (QED) is 0.666. The highest BCUT2D eigenvalue weighted by Crippen LogP contribution is 2.15. The molecule has 2 heterocycles. The molecule has 0 aliphatic heterocycles. The largest absolute Gasteiger partial charge is 0.464 e. The SMILES string of the molecule is Cc1cc2cccnc2n1C(=O)O. The van der Waals surface area contributed by atoms with Gasteiger partial charge in [-0.3, -0.25) is 0 Å². The maximum atomic E-state index is 10.8. The predicted molar refractivity (Wildman–Crippen MR) is 47.9 cm³/mol. The lowest BCUT2D eigenvalue weighted by Gasteiger charge is -1.98. The van der Waals surface area contributed by atoms with Crippen LogP contribution >= 0.6 is 0 Å². The Morgan fingerprint density at radius 3 is 3.08 bits per heavy atom. The van der Waals surface area contributed by atoms with Gasteiger partial charge in [-0.15, -0.1) is 0 Å². The van der Waals surface area contributed by atoms with Crippen LogP contribution in [0, 0.1) is 6.92 Å². The molecular weight excluding hydrogens is 168 g/mol. The highest BCUT2D eigenvalue weighted by atomic mass is 16.4. The third kappa shape index (κ3) is 1.07. The second kappa shape index (κ2) is 2.58. The number of aromatic nitrogens is 2. The second-order valence-corrected chi connectivity index (χ2v) is 2.82. The first-order valence-corrected chi connectivity index (χ1v) is 3.86. The lowest BCUT2D eigenvalue weighted by atomic mass is 10.3. The zero-order valence-corrected chi connectivity index (χ0v) is 7.06. The van der Waals surface area contributed by atoms with Gasteiger partial charge in [0.25, 0.3) is 0 Å². The van der Waals surface area contributed by atoms with Gasteiger partial charge in [0, 0.05) is 17.3 Å². The molecule has 0 aliphatic rings. The molecule has 0 unspecified atom stereocenters. The highest BCUT2D eigenvalue weighted by Gasteiger charge is 2.10. The van der Waals surface area contributed by atoms with E-state index in [1.807, 2.05) is 6.07 Å². The van der Waals surface area contributed by atoms with Gasteiger partial charge in [0.2, 0.25) is 0 Å². The summed E-state index contributed by atoms with van der Waals surface area (Å²) < 4.78 is 1.18. The molecule has 66 valence electrons. The topological polar surface area (TPSA) is 55.1 Å². The van der Waals surface area contributed by atoms with Gasteiger partial charge in [0.05, 0.1) is 0 Å². The minimum Gasteiger partial charge on any atom is -0.464 e. The van der Waals surface area contributed by atoms with Crippen LogP contribution in [0.2, 0.25) is 0 Å². The molecule has 2 aromatic heterocycles. The van der Waals surface area contributed by atoms with Crippen LogP contribution in [-0.2, 0) is 0 Å². The maximum Gasteiger partial charge on any atom is 0.417 e. The van der Waals surface area contributed by atoms with Crippen molar-refractivity contribution in [2.75, 3.05) is 0 Å². The number of pyridine rings is 1. The Labute approximate surface area is 74.4 Å². The molecule has 0 fully saturated rings. The van der Waals surface area contributed by atoms with Crippen molar-refractivity contribution in [1.82, 2.24) is 9.55 Å². The monoisotopic (exact) mass is 176 g/mol. The van der Waals surface area contributed by atoms with E-state index in [0.29, 0.717) is 11.3 Å². The number of fused-ring (bicyclic) bond motifs is 1. The number of hydrogen-bond donors (Lipinski definition) is 1. The normalized spacial score (nSPS) is 10.5. The molecular formula is C9H8N2O2. The third-order valence-electron chi connectivity index (χ3n) is 1.94. The fourth-order valence-electron chi connectivity index (χ4n) is 1.41. The molecule has 0 atom stereocenters. The average molecular weight is 176 g/mol. The Morgan fingerprint density at radius 1 is 1.62 bits per heavy atom. The van der Waals surface area contributed by atoms with Crippen molar-refractivity contribution in [2.24, 2.45) is 0 Å². The number of rotatable bonds is 0. The van der Waals surface area contributed by atoms with Crippen molar-refractivity contribution in [3.8, 4) is 0 Å². The molecule has 4 nitrogen and oxygen atoms in total. The van der Waals surface area contributed by atoms with E-state index in [1.165, 1.54) is 4.57 Å². The summed E-state index contributed by atoms with van der Waals surface area (Å²) >= 11 is 0. The van der Waals surface area contributed by atoms with Crippen molar-refractivity contribution in [3.63, 3.8) is 0 Å². The van der Waals surface area contributed by atoms with Gasteiger partial charge in [-0.25, -0.2) is 14.3 Å². The van der Waals surface area contributed by atoms with Crippen molar-refractivity contribution in [2.45, 2.75) is 6.92 Å². The zero-order valence-electron chi connectivity index (χ0n) is 7.06. The van der Waals surface area contributed by atoms with Crippen LogP contribution in [0.3, 0.4) is 0 Å². The first-order valence-electron chi connectivity index (χ1n) is 3.86. The number of carboxylic acid groups (broad SMARTS) is 1. The lowest BCUT2D eigenvalue weighted by Crippen LogP contribution is -2.09. The summed E-state index contributed by atoms with van der Waals surface area (Å²) in [6.07, 6.45) is 0.590. The van der Waals surface area contributed by atoms with Crippen LogP contribution in [0.25, 0.3) is 11.0 Å². The van der Waals surface area contributed by atoms with Gasteiger partial charge in [0.15, 0.2) is 0 Å². The van der Waals surface area contributed by atoms with Crippen molar-refractivity contribution < 1.29 is 9.90 Å². The molecule has 0 aromatic carbocycles. The smallest absolute Gasteiger partial charge is 0.417 e. The van der Waals surface area contributed by atoms with Crippen molar-refractivity contribution in [1.29, 1.82) is 0 Å². The Bertz CT molecular complexity index is 473. The van der Waals surface area contributed by atoms with Crippen LogP contribution < -0.4 is 0 Å². The second-order valence-electron chi connectivity index (χ2n) is 2.82. The summed E-state index contributed by atoms with van der Waals surface area (Å²) in [5.41, 5.74) is 1.17. The van der Waals surface area contributed by atoms with Gasteiger partial charge in [-0.05, 0) is 25.1 Å². The Kier molecular flexibility index (Phi) is 1.55. The maximum absolute atomic E-state index is 10.8. The Morgan fingerprint density at radius 2 is 2.38 bits per heavy atom. The van der Waals surface area contributed by atoms with E-state index in [4.69, 9.17) is 5.11 Å². The van der Waals surface area contributed by atoms with E-state index < -0.39 is 6.09 Å². The molecule has 0 saturated carbocycles. The molecule has 13 heavy (non-hydrogen) atoms. The fourth-order valence-corrected chi connectivity index (χ4v) is 1.41. The summed E-state index contributed by atoms with van der Waals surface area (Å²) in [7, 11) is 0. The van der Waals surface area contributed by atoms with Gasteiger partial charge in [-0.1, -0.05) is 0 Å². The van der Waals surface area contributed by atoms with Gasteiger partial charge < -0.3 is 5.11 Å². The summed E-state index contributed by atoms with van der Waals surface area (Å²) in [6.45, 7) is 1.75. The number of nitrogens with zero attached hydrogens (tertiary/aromatic N) is 2. The van der Waals surface area contributed by atoms with Crippen molar-refractivity contribution in [3.05, 3.63) is 30.1 Å². The Hall–Kier alpha value is -1.84. The van der Waals surface area contributed by atoms with Crippen LogP contribution in [0.1, 0.15) is 5.69 Å². The van der Waals surface area contributed by atoms with E-state index in [9.17, 15) is 4.79 Å². The predicted octanol–water partition coefficient (Wildman–Crippen LogP) is 1.87. The Balaban J connectivity index is 2.86. The minimum atomic E-state index is -0.994. The van der Waals surface area contributed by atoms with Crippen LogP contribution in [0.4, 0.5) is 4.79 Å². The molecule has 0 aliphatic carbocycles. The molecule has 0 spiro atoms. The third-order valence-corrected chi connectivity index (χ3v) is 1.94. The highest BCUT2D eigenvalue weighted by molar-refractivity contribution is 5.87. The lowest BCUT2D eigenvalue weighted by molar-refractivity contribution is 0.197. The molecule has 4 heteroatoms. The minimum absolute atomic E-state index is 0.493. The van der Waals surface area contributed by atoms with Crippen LogP contribution in [0.15, 0.2) is 24.4 Å². The van der Waals surface area contributed by atoms with Gasteiger partial charge in [-0.2, -0.15) is 0 Å². The summed E-state index contributed by atoms with van der Waals surface area (Å²) in [5, 5.41) is 9.72. The zero-order chi connectivity index (χ0) is 9.42. The fraction of sp³-hybridized carbons (Fsp3) is 0.111. The van der Waals surface area contributed by atoms with E-state index in [1.54, 1.807) is 25.3 Å². The van der Waals surface area contributed by atoms with E-state index >= 15 is 0 Å². The van der Waals surface area contributed by atoms with Crippen molar-refractivity contribution >= 4 is 17.1 Å². The van der Waals surface area contributed by atoms with Gasteiger partial charge >= 0.3 is 6.09 Å². The van der Waals surface area contributed by atoms with Gasteiger partial charge in [0.1, 0.15) is 5.65 Å². The summed E-state index contributed by atoms with van der Waals surface area (Å²) in [5.74, 6) is 0. The molecule has 2 rings (SSSR count). The van der Waals surface area contributed by atoms with E-state index in [0.717, 1.165) is 5.39 Å². The average Bonchev–Trinajstić information content (AvgIpc) is 2.39. The van der Waals surface area contributed by atoms with E-state index in [2.05, 4.69) is 4.98 Å². The summed E-state index contributed by atoms with van der Waals surface area (Å²) in [4.78, 5) is 14.8.